The van der Waals surface area contributed by atoms with Crippen molar-refractivity contribution in [2.75, 3.05) is 12.5 Å². The molecule has 23 nitrogen and oxygen atoms in total. The Morgan fingerprint density at radius 3 is 1.27 bits per heavy atom. The van der Waals surface area contributed by atoms with E-state index in [9.17, 15) is 61.5 Å². The number of allylic oxidation sites excluding steroid dienone is 1. The number of hydrogen-bond acceptors (Lipinski definition) is 18. The monoisotopic (exact) mass is 884 g/mol. The van der Waals surface area contributed by atoms with Gasteiger partial charge >= 0.3 is 29.8 Å². The molecule has 2 atom stereocenters. The van der Waals surface area contributed by atoms with Gasteiger partial charge < -0.3 is 55.0 Å². The Labute approximate surface area is 336 Å². The van der Waals surface area contributed by atoms with Gasteiger partial charge in [-0.2, -0.15) is 0 Å². The highest BCUT2D eigenvalue weighted by molar-refractivity contribution is 7.90. The molecule has 0 aliphatic heterocycles. The van der Waals surface area contributed by atoms with E-state index in [-0.39, 0.29) is 24.4 Å². The third-order valence-electron chi connectivity index (χ3n) is 5.08. The second kappa shape index (κ2) is 32.8. The van der Waals surface area contributed by atoms with Crippen LogP contribution in [0.3, 0.4) is 0 Å². The molecule has 7 N–H and O–H groups in total. The fourth-order valence-electron chi connectivity index (χ4n) is 2.43. The van der Waals surface area contributed by atoms with Crippen LogP contribution >= 0.6 is 0 Å². The Morgan fingerprint density at radius 1 is 0.644 bits per heavy atom. The summed E-state index contributed by atoms with van der Waals surface area (Å²) in [7, 11) is -7.01. The number of hydrogen-bond donors (Lipinski definition) is 7. The topological polar surface area (TPSA) is 427 Å². The second-order valence-electron chi connectivity index (χ2n) is 10.9. The van der Waals surface area contributed by atoms with Crippen LogP contribution in [0.15, 0.2) is 59.5 Å². The molecule has 0 heterocycles. The summed E-state index contributed by atoms with van der Waals surface area (Å²) in [6.45, 7) is 4.82. The SMILES string of the molecule is CC(=O)/C=C/C(=O)O.CC(=O)C(=O)O.CC(=O)C(O)CC(=O)O.CC(=O)CCC(=O)O.CS(=O)(=O)[O-].CS(=O)(=O)c1ccc2ccccc2c1.O=C(O)CC(O)C(=O)[O-]. The van der Waals surface area contributed by atoms with Gasteiger partial charge in [-0.05, 0) is 49.8 Å². The summed E-state index contributed by atoms with van der Waals surface area (Å²) in [6, 6.07) is 12.9. The number of Topliss-reactive ketones (excluding diaryl/α,β-unsaturated/α-hetero) is 3. The molecule has 0 saturated carbocycles. The minimum absolute atomic E-state index is 0.0463. The third kappa shape index (κ3) is 51.7. The maximum atomic E-state index is 11.3. The van der Waals surface area contributed by atoms with Crippen molar-refractivity contribution in [1.82, 2.24) is 0 Å². The van der Waals surface area contributed by atoms with Crippen molar-refractivity contribution in [1.29, 1.82) is 0 Å². The number of ketones is 4. The predicted octanol–water partition coefficient (Wildman–Crippen LogP) is -1.30. The molecule has 0 aliphatic rings. The van der Waals surface area contributed by atoms with E-state index in [1.54, 1.807) is 12.1 Å². The predicted molar refractivity (Wildman–Crippen MR) is 198 cm³/mol. The standard InChI is InChI=1S/C11H10O2S.C5H8O4.C5H8O3.C5H6O3.C4H6O5.C3H4O3.CH4O3S/c1-14(12,13)11-7-6-9-4-2-3-5-10(9)8-11;1-3(6)4(7)2-5(8)9;2*1-4(6)2-3-5(7)8;5-2(4(8)9)1-3(6)7;1-2(4)3(5)6;1-5(2,3)4/h2-8H,1H3;4,7H,2H2,1H3,(H,8,9);2-3H2,1H3,(H,7,8);2-3H,1H3,(H,7,8);2,5H,1H2,(H,6,7)(H,8,9);1H3,(H,5,6);1H3,(H,2,3,4)/p-2/b;;;3-2+;;;. The number of sulfone groups is 1. The zero-order chi connectivity index (χ0) is 47.9. The van der Waals surface area contributed by atoms with Gasteiger partial charge in [-0.25, -0.2) is 26.4 Å². The zero-order valence-electron chi connectivity index (χ0n) is 32.2. The van der Waals surface area contributed by atoms with Gasteiger partial charge in [-0.15, -0.1) is 0 Å². The van der Waals surface area contributed by atoms with Gasteiger partial charge in [-0.1, -0.05) is 30.3 Å². The van der Waals surface area contributed by atoms with Gasteiger partial charge in [0, 0.05) is 31.9 Å². The molecule has 2 unspecified atom stereocenters. The number of carbonyl (C=O) groups excluding carboxylic acids is 5. The van der Waals surface area contributed by atoms with Crippen molar-refractivity contribution >= 4 is 89.7 Å². The molecular formula is C34H44O23S2-2. The van der Waals surface area contributed by atoms with Crippen molar-refractivity contribution in [3.05, 3.63) is 54.6 Å². The quantitative estimate of drug-likeness (QED) is 0.0698. The van der Waals surface area contributed by atoms with Gasteiger partial charge in [0.1, 0.15) is 18.0 Å². The lowest BCUT2D eigenvalue weighted by atomic mass is 10.1. The van der Waals surface area contributed by atoms with E-state index < -0.39 is 92.4 Å². The summed E-state index contributed by atoms with van der Waals surface area (Å²) in [6.07, 6.45) is -0.832. The normalized spacial score (nSPS) is 10.9. The molecule has 0 aliphatic carbocycles. The molecule has 332 valence electrons. The Bertz CT molecular complexity index is 1920. The lowest BCUT2D eigenvalue weighted by Crippen LogP contribution is -2.36. The highest BCUT2D eigenvalue weighted by Gasteiger charge is 2.13. The van der Waals surface area contributed by atoms with Gasteiger partial charge in [-0.3, -0.25) is 28.8 Å². The van der Waals surface area contributed by atoms with E-state index in [1.165, 1.54) is 20.1 Å². The first-order chi connectivity index (χ1) is 26.5. The van der Waals surface area contributed by atoms with Crippen LogP contribution in [0.5, 0.6) is 0 Å². The van der Waals surface area contributed by atoms with E-state index in [4.69, 9.17) is 48.7 Å². The molecule has 0 spiro atoms. The molecule has 59 heavy (non-hydrogen) atoms. The number of aliphatic carboxylic acids is 6. The number of benzene rings is 2. The number of aliphatic hydroxyl groups excluding tert-OH is 2. The highest BCUT2D eigenvalue weighted by atomic mass is 32.2. The van der Waals surface area contributed by atoms with E-state index >= 15 is 0 Å². The highest BCUT2D eigenvalue weighted by Crippen LogP contribution is 2.18. The van der Waals surface area contributed by atoms with Crippen LogP contribution in [0, 0.1) is 0 Å². The van der Waals surface area contributed by atoms with Crippen molar-refractivity contribution in [2.24, 2.45) is 0 Å². The van der Waals surface area contributed by atoms with Crippen LogP contribution in [0.4, 0.5) is 0 Å². The van der Waals surface area contributed by atoms with Crippen LogP contribution in [0.25, 0.3) is 10.8 Å². The first kappa shape index (κ1) is 61.9. The minimum Gasteiger partial charge on any atom is -0.748 e. The van der Waals surface area contributed by atoms with Gasteiger partial charge in [0.05, 0.1) is 40.2 Å². The van der Waals surface area contributed by atoms with Crippen LogP contribution in [-0.4, -0.2) is 141 Å². The minimum atomic E-state index is -3.92. The average molecular weight is 885 g/mol. The summed E-state index contributed by atoms with van der Waals surface area (Å²) in [5.41, 5.74) is 0. The lowest BCUT2D eigenvalue weighted by Gasteiger charge is -2.06. The van der Waals surface area contributed by atoms with Crippen molar-refractivity contribution in [3.63, 3.8) is 0 Å². The fraction of sp³-hybridized carbons (Fsp3) is 0.353. The summed E-state index contributed by atoms with van der Waals surface area (Å²) in [5, 5.41) is 67.9. The van der Waals surface area contributed by atoms with Gasteiger partial charge in [0.15, 0.2) is 21.4 Å². The maximum Gasteiger partial charge on any atom is 0.371 e. The molecule has 2 rings (SSSR count). The number of fused-ring (bicyclic) bond motifs is 1. The van der Waals surface area contributed by atoms with E-state index in [0.29, 0.717) is 11.2 Å². The van der Waals surface area contributed by atoms with Crippen molar-refractivity contribution in [2.45, 2.75) is 70.5 Å². The number of aliphatic hydroxyl groups is 2. The Balaban J connectivity index is -0.000000197. The summed E-state index contributed by atoms with van der Waals surface area (Å²) in [4.78, 5) is 98.0. The molecule has 0 saturated heterocycles. The number of carbonyl (C=O) groups is 10. The smallest absolute Gasteiger partial charge is 0.371 e. The fourth-order valence-corrected chi connectivity index (χ4v) is 3.08. The molecule has 0 aromatic heterocycles. The molecule has 0 radical (unpaired) electrons. The number of carboxylic acid groups (broad SMARTS) is 6. The third-order valence-corrected chi connectivity index (χ3v) is 6.19. The molecule has 0 fully saturated rings. The molecule has 0 bridgehead atoms. The first-order valence-electron chi connectivity index (χ1n) is 15.5. The first-order valence-corrected chi connectivity index (χ1v) is 19.2. The Kier molecular flexibility index (Phi) is 34.4. The molecule has 25 heteroatoms. The van der Waals surface area contributed by atoms with Crippen molar-refractivity contribution < 1.29 is 110 Å². The van der Waals surface area contributed by atoms with E-state index in [0.717, 1.165) is 36.8 Å². The lowest BCUT2D eigenvalue weighted by molar-refractivity contribution is -0.315. The second-order valence-corrected chi connectivity index (χ2v) is 14.3. The van der Waals surface area contributed by atoms with Crippen LogP contribution in [0.1, 0.15) is 53.4 Å². The van der Waals surface area contributed by atoms with Gasteiger partial charge in [0.2, 0.25) is 5.78 Å². The average Bonchev–Trinajstić information content (AvgIpc) is 3.06. The summed E-state index contributed by atoms with van der Waals surface area (Å²) < 4.78 is 49.8. The number of carboxylic acids is 6. The summed E-state index contributed by atoms with van der Waals surface area (Å²) in [5.74, 6) is -9.37. The van der Waals surface area contributed by atoms with Crippen molar-refractivity contribution in [3.8, 4) is 0 Å². The Morgan fingerprint density at radius 2 is 1.05 bits per heavy atom. The Hall–Kier alpha value is -6.28. The molecule has 0 amide bonds. The van der Waals surface area contributed by atoms with Crippen LogP contribution in [0.2, 0.25) is 0 Å². The summed E-state index contributed by atoms with van der Waals surface area (Å²) >= 11 is 0. The van der Waals surface area contributed by atoms with E-state index in [2.05, 4.69) is 0 Å². The zero-order valence-corrected chi connectivity index (χ0v) is 33.8. The molecular weight excluding hydrogens is 840 g/mol. The maximum absolute atomic E-state index is 11.3. The largest absolute Gasteiger partial charge is 0.748 e. The molecule has 2 aromatic carbocycles. The van der Waals surface area contributed by atoms with Gasteiger partial charge in [0.25, 0.3) is 0 Å². The van der Waals surface area contributed by atoms with Crippen LogP contribution < -0.4 is 5.11 Å². The van der Waals surface area contributed by atoms with E-state index in [1.807, 2.05) is 30.3 Å². The van der Waals surface area contributed by atoms with Crippen LogP contribution in [-0.2, 0) is 67.9 Å². The molecule has 2 aromatic rings. The number of rotatable bonds is 13.